The van der Waals surface area contributed by atoms with Crippen LogP contribution >= 0.6 is 11.6 Å². The molecule has 0 saturated heterocycles. The highest BCUT2D eigenvalue weighted by Crippen LogP contribution is 2.14. The van der Waals surface area contributed by atoms with Gasteiger partial charge in [0.05, 0.1) is 6.54 Å². The van der Waals surface area contributed by atoms with Gasteiger partial charge in [-0.25, -0.2) is 0 Å². The lowest BCUT2D eigenvalue weighted by Crippen LogP contribution is -2.10. The van der Waals surface area contributed by atoms with Gasteiger partial charge in [0.1, 0.15) is 6.33 Å². The minimum atomic E-state index is 0.368. The minimum absolute atomic E-state index is 0.368. The zero-order valence-electron chi connectivity index (χ0n) is 9.89. The third-order valence-corrected chi connectivity index (χ3v) is 2.75. The fourth-order valence-corrected chi connectivity index (χ4v) is 1.70. The number of hydrogen-bond acceptors (Lipinski definition) is 3. The fourth-order valence-electron chi connectivity index (χ4n) is 1.57. The van der Waals surface area contributed by atoms with Crippen LogP contribution in [0.25, 0.3) is 0 Å². The number of nitrogens with zero attached hydrogens (tertiary/aromatic N) is 3. The molecule has 90 valence electrons. The smallest absolute Gasteiger partial charge is 0.152 e. The molecule has 0 bridgehead atoms. The van der Waals surface area contributed by atoms with Crippen molar-refractivity contribution in [2.24, 2.45) is 0 Å². The lowest BCUT2D eigenvalue weighted by molar-refractivity contribution is 0.572. The van der Waals surface area contributed by atoms with Crippen LogP contribution < -0.4 is 5.32 Å². The molecule has 5 heteroatoms. The molecule has 2 rings (SSSR count). The molecule has 2 aromatic rings. The van der Waals surface area contributed by atoms with Gasteiger partial charge in [-0.05, 0) is 38.1 Å². The van der Waals surface area contributed by atoms with Crippen molar-refractivity contribution in [3.8, 4) is 0 Å². The quantitative estimate of drug-likeness (QED) is 0.907. The zero-order chi connectivity index (χ0) is 12.3. The maximum atomic E-state index is 5.82. The molecule has 1 aromatic heterocycles. The van der Waals surface area contributed by atoms with Crippen LogP contribution in [-0.2, 0) is 6.54 Å². The van der Waals surface area contributed by atoms with E-state index in [9.17, 15) is 0 Å². The molecule has 0 aliphatic carbocycles. The number of halogens is 1. The van der Waals surface area contributed by atoms with Crippen molar-refractivity contribution < 1.29 is 0 Å². The first-order valence-electron chi connectivity index (χ1n) is 5.54. The standard InChI is InChI=1S/C12H15ClN4/c1-9(2)17-8-15-16-12(17)7-14-11-5-3-10(13)4-6-11/h3-6,8-9,14H,7H2,1-2H3. The minimum Gasteiger partial charge on any atom is -0.378 e. The molecule has 1 heterocycles. The summed E-state index contributed by atoms with van der Waals surface area (Å²) >= 11 is 5.82. The average Bonchev–Trinajstić information content (AvgIpc) is 2.76. The van der Waals surface area contributed by atoms with Crippen molar-refractivity contribution in [2.45, 2.75) is 26.4 Å². The van der Waals surface area contributed by atoms with Gasteiger partial charge in [-0.2, -0.15) is 0 Å². The summed E-state index contributed by atoms with van der Waals surface area (Å²) in [5.41, 5.74) is 1.02. The van der Waals surface area contributed by atoms with E-state index < -0.39 is 0 Å². The van der Waals surface area contributed by atoms with E-state index in [-0.39, 0.29) is 0 Å². The molecule has 0 spiro atoms. The Morgan fingerprint density at radius 1 is 1.29 bits per heavy atom. The van der Waals surface area contributed by atoms with Gasteiger partial charge in [0.25, 0.3) is 0 Å². The summed E-state index contributed by atoms with van der Waals surface area (Å²) in [6, 6.07) is 7.97. The highest BCUT2D eigenvalue weighted by molar-refractivity contribution is 6.30. The SMILES string of the molecule is CC(C)n1cnnc1CNc1ccc(Cl)cc1. The molecule has 0 aliphatic heterocycles. The molecular weight excluding hydrogens is 236 g/mol. The second kappa shape index (κ2) is 5.19. The van der Waals surface area contributed by atoms with Gasteiger partial charge >= 0.3 is 0 Å². The van der Waals surface area contributed by atoms with Crippen LogP contribution in [-0.4, -0.2) is 14.8 Å². The van der Waals surface area contributed by atoms with Crippen molar-refractivity contribution in [1.29, 1.82) is 0 Å². The maximum Gasteiger partial charge on any atom is 0.152 e. The van der Waals surface area contributed by atoms with Crippen LogP contribution in [0.5, 0.6) is 0 Å². The molecular formula is C12H15ClN4. The van der Waals surface area contributed by atoms with Gasteiger partial charge in [0, 0.05) is 16.8 Å². The van der Waals surface area contributed by atoms with Crippen LogP contribution in [0.3, 0.4) is 0 Å². The number of aromatic nitrogens is 3. The molecule has 1 aromatic carbocycles. The zero-order valence-corrected chi connectivity index (χ0v) is 10.6. The van der Waals surface area contributed by atoms with Crippen LogP contribution in [0, 0.1) is 0 Å². The Morgan fingerprint density at radius 2 is 2.00 bits per heavy atom. The molecule has 0 saturated carbocycles. The molecule has 17 heavy (non-hydrogen) atoms. The normalized spacial score (nSPS) is 10.8. The molecule has 0 radical (unpaired) electrons. The lowest BCUT2D eigenvalue weighted by atomic mass is 10.3. The van der Waals surface area contributed by atoms with Crippen molar-refractivity contribution in [2.75, 3.05) is 5.32 Å². The first-order valence-corrected chi connectivity index (χ1v) is 5.92. The van der Waals surface area contributed by atoms with Crippen molar-refractivity contribution in [1.82, 2.24) is 14.8 Å². The van der Waals surface area contributed by atoms with E-state index in [1.165, 1.54) is 0 Å². The monoisotopic (exact) mass is 250 g/mol. The number of benzene rings is 1. The Morgan fingerprint density at radius 3 is 2.65 bits per heavy atom. The predicted octanol–water partition coefficient (Wildman–Crippen LogP) is 3.12. The van der Waals surface area contributed by atoms with E-state index in [1.807, 2.05) is 28.8 Å². The lowest BCUT2D eigenvalue weighted by Gasteiger charge is -2.11. The highest BCUT2D eigenvalue weighted by atomic mass is 35.5. The second-order valence-corrected chi connectivity index (χ2v) is 4.55. The number of hydrogen-bond donors (Lipinski definition) is 1. The average molecular weight is 251 g/mol. The number of nitrogens with one attached hydrogen (secondary N) is 1. The summed E-state index contributed by atoms with van der Waals surface area (Å²) in [6.45, 7) is 4.87. The van der Waals surface area contributed by atoms with E-state index in [4.69, 9.17) is 11.6 Å². The number of anilines is 1. The summed E-state index contributed by atoms with van der Waals surface area (Å²) in [4.78, 5) is 0. The summed E-state index contributed by atoms with van der Waals surface area (Å²) in [5.74, 6) is 0.926. The topological polar surface area (TPSA) is 42.7 Å². The van der Waals surface area contributed by atoms with Crippen molar-refractivity contribution in [3.05, 3.63) is 41.4 Å². The van der Waals surface area contributed by atoms with E-state index in [1.54, 1.807) is 6.33 Å². The van der Waals surface area contributed by atoms with Gasteiger partial charge in [0.15, 0.2) is 5.82 Å². The van der Waals surface area contributed by atoms with E-state index >= 15 is 0 Å². The summed E-state index contributed by atoms with van der Waals surface area (Å²) in [6.07, 6.45) is 1.75. The van der Waals surface area contributed by atoms with E-state index in [0.717, 1.165) is 16.5 Å². The molecule has 0 unspecified atom stereocenters. The summed E-state index contributed by atoms with van der Waals surface area (Å²) in [5, 5.41) is 12.0. The Bertz CT molecular complexity index is 476. The van der Waals surface area contributed by atoms with Gasteiger partial charge < -0.3 is 9.88 Å². The van der Waals surface area contributed by atoms with Crippen molar-refractivity contribution in [3.63, 3.8) is 0 Å². The highest BCUT2D eigenvalue weighted by Gasteiger charge is 2.06. The Hall–Kier alpha value is -1.55. The third kappa shape index (κ3) is 2.97. The first kappa shape index (κ1) is 11.9. The third-order valence-electron chi connectivity index (χ3n) is 2.50. The Labute approximate surface area is 106 Å². The second-order valence-electron chi connectivity index (χ2n) is 4.11. The molecule has 1 N–H and O–H groups in total. The largest absolute Gasteiger partial charge is 0.378 e. The van der Waals surface area contributed by atoms with Crippen molar-refractivity contribution >= 4 is 17.3 Å². The van der Waals surface area contributed by atoms with Gasteiger partial charge in [-0.3, -0.25) is 0 Å². The summed E-state index contributed by atoms with van der Waals surface area (Å²) < 4.78 is 2.04. The van der Waals surface area contributed by atoms with E-state index in [0.29, 0.717) is 12.6 Å². The molecule has 0 aliphatic rings. The van der Waals surface area contributed by atoms with Gasteiger partial charge in [-0.15, -0.1) is 10.2 Å². The van der Waals surface area contributed by atoms with Crippen LogP contribution in [0.1, 0.15) is 25.7 Å². The Balaban J connectivity index is 2.02. The van der Waals surface area contributed by atoms with Crippen LogP contribution in [0.15, 0.2) is 30.6 Å². The Kier molecular flexibility index (Phi) is 3.64. The predicted molar refractivity (Wildman–Crippen MR) is 69.2 cm³/mol. The number of rotatable bonds is 4. The van der Waals surface area contributed by atoms with Crippen LogP contribution in [0.4, 0.5) is 5.69 Å². The molecule has 0 amide bonds. The fraction of sp³-hybridized carbons (Fsp3) is 0.333. The van der Waals surface area contributed by atoms with Gasteiger partial charge in [-0.1, -0.05) is 11.6 Å². The molecule has 4 nitrogen and oxygen atoms in total. The summed E-state index contributed by atoms with van der Waals surface area (Å²) in [7, 11) is 0. The van der Waals surface area contributed by atoms with Gasteiger partial charge in [0.2, 0.25) is 0 Å². The molecule has 0 fully saturated rings. The first-order chi connectivity index (χ1) is 8.16. The van der Waals surface area contributed by atoms with E-state index in [2.05, 4.69) is 29.4 Å². The van der Waals surface area contributed by atoms with Crippen LogP contribution in [0.2, 0.25) is 5.02 Å². The maximum absolute atomic E-state index is 5.82. The molecule has 0 atom stereocenters.